The van der Waals surface area contributed by atoms with E-state index in [2.05, 4.69) is 27.8 Å². The van der Waals surface area contributed by atoms with E-state index in [1.54, 1.807) is 6.07 Å². The topological polar surface area (TPSA) is 45.7 Å². The van der Waals surface area contributed by atoms with Gasteiger partial charge in [0, 0.05) is 13.1 Å². The fourth-order valence-electron chi connectivity index (χ4n) is 2.29. The first-order chi connectivity index (χ1) is 11.7. The zero-order valence-corrected chi connectivity index (χ0v) is 14.2. The average Bonchev–Trinajstić information content (AvgIpc) is 2.60. The highest BCUT2D eigenvalue weighted by Crippen LogP contribution is 2.18. The molecule has 128 valence electrons. The Morgan fingerprint density at radius 3 is 2.54 bits per heavy atom. The number of guanidine groups is 1. The van der Waals surface area contributed by atoms with Crippen molar-refractivity contribution in [1.29, 1.82) is 0 Å². The molecule has 0 radical (unpaired) electrons. The zero-order chi connectivity index (χ0) is 17.2. The van der Waals surface area contributed by atoms with Crippen LogP contribution in [0.2, 0.25) is 0 Å². The molecule has 0 aliphatic carbocycles. The highest BCUT2D eigenvalue weighted by atomic mass is 19.1. The highest BCUT2D eigenvalue weighted by Gasteiger charge is 2.04. The van der Waals surface area contributed by atoms with Crippen molar-refractivity contribution in [2.24, 2.45) is 4.99 Å². The molecule has 0 bridgehead atoms. The lowest BCUT2D eigenvalue weighted by Crippen LogP contribution is -2.38. The molecule has 24 heavy (non-hydrogen) atoms. The smallest absolute Gasteiger partial charge is 0.191 e. The van der Waals surface area contributed by atoms with Gasteiger partial charge in [-0.1, -0.05) is 36.4 Å². The molecule has 0 heterocycles. The van der Waals surface area contributed by atoms with Crippen LogP contribution in [-0.2, 0) is 13.0 Å². The predicted molar refractivity (Wildman–Crippen MR) is 95.9 cm³/mol. The summed E-state index contributed by atoms with van der Waals surface area (Å²) in [5.41, 5.74) is 2.08. The molecule has 0 aromatic heterocycles. The molecule has 0 aliphatic rings. The highest BCUT2D eigenvalue weighted by molar-refractivity contribution is 5.79. The summed E-state index contributed by atoms with van der Waals surface area (Å²) in [6, 6.07) is 15.2. The van der Waals surface area contributed by atoms with Gasteiger partial charge in [0.15, 0.2) is 17.5 Å². The van der Waals surface area contributed by atoms with Crippen molar-refractivity contribution in [2.75, 3.05) is 20.2 Å². The fourth-order valence-corrected chi connectivity index (χ4v) is 2.29. The minimum absolute atomic E-state index is 0.246. The summed E-state index contributed by atoms with van der Waals surface area (Å²) in [7, 11) is 1.45. The van der Waals surface area contributed by atoms with Crippen LogP contribution < -0.4 is 15.4 Å². The molecule has 0 spiro atoms. The van der Waals surface area contributed by atoms with E-state index in [1.807, 2.05) is 31.2 Å². The normalized spacial score (nSPS) is 11.2. The first-order valence-corrected chi connectivity index (χ1v) is 8.11. The molecular weight excluding hydrogens is 305 g/mol. The summed E-state index contributed by atoms with van der Waals surface area (Å²) in [4.78, 5) is 4.50. The minimum atomic E-state index is -0.368. The van der Waals surface area contributed by atoms with Crippen LogP contribution in [0.5, 0.6) is 5.75 Å². The third-order valence-corrected chi connectivity index (χ3v) is 3.53. The monoisotopic (exact) mass is 329 g/mol. The third-order valence-electron chi connectivity index (χ3n) is 3.53. The number of ether oxygens (including phenoxy) is 1. The van der Waals surface area contributed by atoms with Crippen molar-refractivity contribution in [3.63, 3.8) is 0 Å². The summed E-state index contributed by atoms with van der Waals surface area (Å²) in [6.07, 6.45) is 0.919. The summed E-state index contributed by atoms with van der Waals surface area (Å²) in [5, 5.41) is 6.49. The maximum Gasteiger partial charge on any atom is 0.191 e. The van der Waals surface area contributed by atoms with Crippen LogP contribution in [0.25, 0.3) is 0 Å². The molecule has 2 N–H and O–H groups in total. The molecule has 2 rings (SSSR count). The molecular formula is C19H24FN3O. The first-order valence-electron chi connectivity index (χ1n) is 8.11. The number of halogens is 1. The largest absolute Gasteiger partial charge is 0.494 e. The van der Waals surface area contributed by atoms with Gasteiger partial charge in [-0.05, 0) is 36.6 Å². The van der Waals surface area contributed by atoms with Crippen molar-refractivity contribution < 1.29 is 9.13 Å². The lowest BCUT2D eigenvalue weighted by Gasteiger charge is -2.11. The van der Waals surface area contributed by atoms with Gasteiger partial charge in [0.25, 0.3) is 0 Å². The standard InChI is InChI=1S/C19H24FN3O/c1-3-21-19(22-12-11-15-7-5-4-6-8-15)23-14-16-9-10-18(24-2)17(20)13-16/h4-10,13H,3,11-12,14H2,1-2H3,(H2,21,22,23). The molecule has 0 saturated heterocycles. The molecule has 5 heteroatoms. The van der Waals surface area contributed by atoms with Gasteiger partial charge in [0.2, 0.25) is 0 Å². The minimum Gasteiger partial charge on any atom is -0.494 e. The Morgan fingerprint density at radius 2 is 1.88 bits per heavy atom. The van der Waals surface area contributed by atoms with Crippen LogP contribution in [0.4, 0.5) is 4.39 Å². The van der Waals surface area contributed by atoms with E-state index >= 15 is 0 Å². The van der Waals surface area contributed by atoms with E-state index in [1.165, 1.54) is 18.7 Å². The van der Waals surface area contributed by atoms with Crippen molar-refractivity contribution in [2.45, 2.75) is 19.9 Å². The number of aliphatic imine (C=N–C) groups is 1. The zero-order valence-electron chi connectivity index (χ0n) is 14.2. The van der Waals surface area contributed by atoms with Gasteiger partial charge in [-0.3, -0.25) is 0 Å². The Bertz CT molecular complexity index is 659. The second kappa shape index (κ2) is 9.55. The van der Waals surface area contributed by atoms with Crippen LogP contribution in [-0.4, -0.2) is 26.2 Å². The Balaban J connectivity index is 1.91. The van der Waals surface area contributed by atoms with E-state index < -0.39 is 0 Å². The van der Waals surface area contributed by atoms with Gasteiger partial charge in [-0.25, -0.2) is 9.38 Å². The maximum atomic E-state index is 13.7. The summed E-state index contributed by atoms with van der Waals surface area (Å²) in [6.45, 7) is 3.98. The number of nitrogens with zero attached hydrogens (tertiary/aromatic N) is 1. The number of rotatable bonds is 7. The third kappa shape index (κ3) is 5.57. The van der Waals surface area contributed by atoms with E-state index in [-0.39, 0.29) is 11.6 Å². The average molecular weight is 329 g/mol. The van der Waals surface area contributed by atoms with Gasteiger partial charge >= 0.3 is 0 Å². The molecule has 0 atom stereocenters. The van der Waals surface area contributed by atoms with Crippen LogP contribution in [0, 0.1) is 5.82 Å². The Kier molecular flexibility index (Phi) is 7.08. The van der Waals surface area contributed by atoms with Gasteiger partial charge in [0.05, 0.1) is 13.7 Å². The van der Waals surface area contributed by atoms with Crippen molar-refractivity contribution in [3.05, 3.63) is 65.5 Å². The summed E-state index contributed by atoms with van der Waals surface area (Å²) >= 11 is 0. The summed E-state index contributed by atoms with van der Waals surface area (Å²) < 4.78 is 18.6. The predicted octanol–water partition coefficient (Wildman–Crippen LogP) is 3.13. The Morgan fingerprint density at radius 1 is 1.08 bits per heavy atom. The lowest BCUT2D eigenvalue weighted by molar-refractivity contribution is 0.386. The molecule has 0 amide bonds. The second-order valence-electron chi connectivity index (χ2n) is 5.33. The van der Waals surface area contributed by atoms with Crippen molar-refractivity contribution in [3.8, 4) is 5.75 Å². The SMILES string of the molecule is CCNC(=NCc1ccc(OC)c(F)c1)NCCc1ccccc1. The first kappa shape index (κ1) is 17.8. The Hall–Kier alpha value is -2.56. The van der Waals surface area contributed by atoms with Gasteiger partial charge < -0.3 is 15.4 Å². The molecule has 0 saturated carbocycles. The number of nitrogens with one attached hydrogen (secondary N) is 2. The van der Waals surface area contributed by atoms with E-state index in [4.69, 9.17) is 4.74 Å². The summed E-state index contributed by atoms with van der Waals surface area (Å²) in [5.74, 6) is 0.604. The number of benzene rings is 2. The van der Waals surface area contributed by atoms with E-state index in [9.17, 15) is 4.39 Å². The number of hydrogen-bond donors (Lipinski definition) is 2. The van der Waals surface area contributed by atoms with Crippen LogP contribution in [0.1, 0.15) is 18.1 Å². The second-order valence-corrected chi connectivity index (χ2v) is 5.33. The molecule has 4 nitrogen and oxygen atoms in total. The van der Waals surface area contributed by atoms with Crippen LogP contribution in [0.3, 0.4) is 0 Å². The number of methoxy groups -OCH3 is 1. The quantitative estimate of drug-likeness (QED) is 0.606. The fraction of sp³-hybridized carbons (Fsp3) is 0.316. The molecule has 2 aromatic rings. The number of hydrogen-bond acceptors (Lipinski definition) is 2. The lowest BCUT2D eigenvalue weighted by atomic mass is 10.1. The van der Waals surface area contributed by atoms with Gasteiger partial charge in [-0.2, -0.15) is 0 Å². The van der Waals surface area contributed by atoms with Crippen LogP contribution in [0.15, 0.2) is 53.5 Å². The molecule has 0 fully saturated rings. The van der Waals surface area contributed by atoms with Crippen LogP contribution >= 0.6 is 0 Å². The maximum absolute atomic E-state index is 13.7. The molecule has 0 unspecified atom stereocenters. The van der Waals surface area contributed by atoms with E-state index in [0.29, 0.717) is 6.54 Å². The molecule has 0 aliphatic heterocycles. The van der Waals surface area contributed by atoms with Gasteiger partial charge in [0.1, 0.15) is 0 Å². The van der Waals surface area contributed by atoms with Gasteiger partial charge in [-0.15, -0.1) is 0 Å². The van der Waals surface area contributed by atoms with Crippen molar-refractivity contribution >= 4 is 5.96 Å². The van der Waals surface area contributed by atoms with E-state index in [0.717, 1.165) is 31.0 Å². The van der Waals surface area contributed by atoms with Crippen molar-refractivity contribution in [1.82, 2.24) is 10.6 Å². The Labute approximate surface area is 142 Å². The molecule has 2 aromatic carbocycles.